The van der Waals surface area contributed by atoms with Gasteiger partial charge in [0.25, 0.3) is 0 Å². The molecule has 1 unspecified atom stereocenters. The Labute approximate surface area is 154 Å². The van der Waals surface area contributed by atoms with Crippen molar-refractivity contribution >= 4 is 17.2 Å². The van der Waals surface area contributed by atoms with E-state index in [1.165, 1.54) is 27.4 Å². The zero-order chi connectivity index (χ0) is 17.5. The highest BCUT2D eigenvalue weighted by Crippen LogP contribution is 2.31. The van der Waals surface area contributed by atoms with E-state index in [-0.39, 0.29) is 5.78 Å². The lowest BCUT2D eigenvalue weighted by Crippen LogP contribution is -3.01. The summed E-state index contributed by atoms with van der Waals surface area (Å²) in [7, 11) is 0. The van der Waals surface area contributed by atoms with Crippen LogP contribution in [-0.4, -0.2) is 18.9 Å². The van der Waals surface area contributed by atoms with Crippen molar-refractivity contribution in [3.63, 3.8) is 0 Å². The molecule has 0 aromatic heterocycles. The topological polar surface area (TPSA) is 24.8 Å². The van der Waals surface area contributed by atoms with Gasteiger partial charge in [-0.3, -0.25) is 9.69 Å². The predicted molar refractivity (Wildman–Crippen MR) is 104 cm³/mol. The first kappa shape index (κ1) is 15.6. The zero-order valence-corrected chi connectivity index (χ0v) is 14.9. The van der Waals surface area contributed by atoms with Crippen molar-refractivity contribution in [2.24, 2.45) is 0 Å². The van der Waals surface area contributed by atoms with Crippen molar-refractivity contribution in [2.45, 2.75) is 25.7 Å². The van der Waals surface area contributed by atoms with E-state index in [2.05, 4.69) is 65.8 Å². The minimum Gasteiger partial charge on any atom is -0.347 e. The van der Waals surface area contributed by atoms with Gasteiger partial charge < -0.3 is 4.90 Å². The first-order valence-electron chi connectivity index (χ1n) is 9.54. The van der Waals surface area contributed by atoms with Crippen LogP contribution < -0.4 is 9.80 Å². The highest BCUT2D eigenvalue weighted by molar-refractivity contribution is 6.10. The van der Waals surface area contributed by atoms with Crippen molar-refractivity contribution in [2.75, 3.05) is 18.0 Å². The number of hydrogen-bond acceptors (Lipinski definition) is 2. The molecule has 2 aliphatic heterocycles. The van der Waals surface area contributed by atoms with Gasteiger partial charge in [-0.25, -0.2) is 0 Å². The SMILES string of the molecule is O=C1/C(=C/N2CCc3ccccc32)CC/C1=C\[NH+]1CCc2ccccc21. The van der Waals surface area contributed by atoms with Crippen LogP contribution in [0.1, 0.15) is 24.0 Å². The molecule has 1 aliphatic carbocycles. The Morgan fingerprint density at radius 2 is 1.62 bits per heavy atom. The number of para-hydroxylation sites is 2. The second kappa shape index (κ2) is 6.26. The number of allylic oxidation sites excluding steroid dienone is 2. The molecule has 3 aliphatic rings. The third-order valence-corrected chi connectivity index (χ3v) is 5.86. The first-order valence-corrected chi connectivity index (χ1v) is 9.54. The lowest BCUT2D eigenvalue weighted by atomic mass is 10.1. The number of carbonyl (C=O) groups is 1. The van der Waals surface area contributed by atoms with E-state index in [0.29, 0.717) is 0 Å². The number of nitrogens with zero attached hydrogens (tertiary/aromatic N) is 1. The molecule has 0 radical (unpaired) electrons. The van der Waals surface area contributed by atoms with Gasteiger partial charge in [-0.1, -0.05) is 36.4 Å². The fourth-order valence-corrected chi connectivity index (χ4v) is 4.47. The quantitative estimate of drug-likeness (QED) is 0.848. The molecule has 26 heavy (non-hydrogen) atoms. The smallest absolute Gasteiger partial charge is 0.191 e. The van der Waals surface area contributed by atoms with Crippen molar-refractivity contribution in [3.05, 3.63) is 83.2 Å². The van der Waals surface area contributed by atoms with Gasteiger partial charge in [0.2, 0.25) is 0 Å². The zero-order valence-electron chi connectivity index (χ0n) is 14.9. The summed E-state index contributed by atoms with van der Waals surface area (Å²) >= 11 is 0. The van der Waals surface area contributed by atoms with Crippen LogP contribution in [0.2, 0.25) is 0 Å². The largest absolute Gasteiger partial charge is 0.347 e. The molecule has 130 valence electrons. The number of fused-ring (bicyclic) bond motifs is 2. The number of hydrogen-bond donors (Lipinski definition) is 1. The lowest BCUT2D eigenvalue weighted by Gasteiger charge is -2.14. The maximum Gasteiger partial charge on any atom is 0.191 e. The number of carbonyl (C=O) groups excluding carboxylic acids is 1. The highest BCUT2D eigenvalue weighted by Gasteiger charge is 2.30. The number of Topliss-reactive ketones (excluding diaryl/α,β-unsaturated/α-hetero) is 1. The van der Waals surface area contributed by atoms with Crippen LogP contribution in [0, 0.1) is 0 Å². The van der Waals surface area contributed by atoms with Crippen LogP contribution >= 0.6 is 0 Å². The second-order valence-electron chi connectivity index (χ2n) is 7.41. The van der Waals surface area contributed by atoms with Crippen LogP contribution in [0.15, 0.2) is 72.1 Å². The molecule has 3 nitrogen and oxygen atoms in total. The van der Waals surface area contributed by atoms with Gasteiger partial charge in [-0.05, 0) is 37.0 Å². The standard InChI is InChI=1S/C23H22N2O/c26-23-19(15-24-13-11-17-5-1-3-7-21(17)24)9-10-20(23)16-25-14-12-18-6-2-4-8-22(18)25/h1-8,15-16H,9-14H2/p+1/b19-15+,20-16+. The molecule has 2 heterocycles. The Kier molecular flexibility index (Phi) is 3.75. The molecule has 1 N–H and O–H groups in total. The molecule has 2 aromatic carbocycles. The number of rotatable bonds is 2. The van der Waals surface area contributed by atoms with Gasteiger partial charge in [0.05, 0.1) is 12.1 Å². The summed E-state index contributed by atoms with van der Waals surface area (Å²) in [4.78, 5) is 16.5. The van der Waals surface area contributed by atoms with E-state index >= 15 is 0 Å². The molecular formula is C23H23N2O+. The van der Waals surface area contributed by atoms with E-state index in [9.17, 15) is 4.79 Å². The predicted octanol–water partition coefficient (Wildman–Crippen LogP) is 2.95. The number of quaternary nitrogens is 1. The van der Waals surface area contributed by atoms with Crippen LogP contribution in [0.4, 0.5) is 11.4 Å². The molecule has 0 saturated heterocycles. The van der Waals surface area contributed by atoms with E-state index in [0.717, 1.165) is 49.9 Å². The van der Waals surface area contributed by atoms with Crippen LogP contribution in [0.3, 0.4) is 0 Å². The van der Waals surface area contributed by atoms with E-state index in [1.54, 1.807) is 0 Å². The summed E-state index contributed by atoms with van der Waals surface area (Å²) in [5.74, 6) is 0.242. The number of benzene rings is 2. The summed E-state index contributed by atoms with van der Waals surface area (Å²) in [6.07, 6.45) is 8.15. The summed E-state index contributed by atoms with van der Waals surface area (Å²) in [5.41, 5.74) is 7.32. The van der Waals surface area contributed by atoms with Crippen LogP contribution in [0.25, 0.3) is 0 Å². The molecule has 0 bridgehead atoms. The first-order chi connectivity index (χ1) is 12.8. The molecule has 2 aromatic rings. The molecule has 0 amide bonds. The second-order valence-corrected chi connectivity index (χ2v) is 7.41. The summed E-state index contributed by atoms with van der Waals surface area (Å²) < 4.78 is 0. The van der Waals surface area contributed by atoms with Crippen molar-refractivity contribution < 1.29 is 9.69 Å². The molecule has 3 heteroatoms. The number of ketones is 1. The highest BCUT2D eigenvalue weighted by atomic mass is 16.1. The lowest BCUT2D eigenvalue weighted by molar-refractivity contribution is -0.768. The van der Waals surface area contributed by atoms with Crippen LogP contribution in [0.5, 0.6) is 0 Å². The molecule has 1 fully saturated rings. The van der Waals surface area contributed by atoms with Gasteiger partial charge in [0.15, 0.2) is 5.78 Å². The molecular weight excluding hydrogens is 320 g/mol. The minimum atomic E-state index is 0.242. The Morgan fingerprint density at radius 3 is 2.54 bits per heavy atom. The molecule has 5 rings (SSSR count). The number of anilines is 1. The minimum absolute atomic E-state index is 0.242. The third kappa shape index (κ3) is 2.60. The Bertz CT molecular complexity index is 865. The molecule has 1 atom stereocenters. The Morgan fingerprint density at radius 1 is 0.846 bits per heavy atom. The maximum absolute atomic E-state index is 12.9. The maximum atomic E-state index is 12.9. The Balaban J connectivity index is 1.38. The summed E-state index contributed by atoms with van der Waals surface area (Å²) in [6, 6.07) is 17.1. The average Bonchev–Trinajstić information content (AvgIpc) is 3.36. The van der Waals surface area contributed by atoms with Crippen molar-refractivity contribution in [1.29, 1.82) is 0 Å². The fraction of sp³-hybridized carbons (Fsp3) is 0.261. The van der Waals surface area contributed by atoms with Crippen molar-refractivity contribution in [1.82, 2.24) is 0 Å². The van der Waals surface area contributed by atoms with Gasteiger partial charge >= 0.3 is 0 Å². The van der Waals surface area contributed by atoms with Crippen LogP contribution in [-0.2, 0) is 17.6 Å². The summed E-state index contributed by atoms with van der Waals surface area (Å²) in [6.45, 7) is 2.02. The van der Waals surface area contributed by atoms with Gasteiger partial charge in [0, 0.05) is 36.0 Å². The van der Waals surface area contributed by atoms with Gasteiger partial charge in [0.1, 0.15) is 11.9 Å². The van der Waals surface area contributed by atoms with Crippen molar-refractivity contribution in [3.8, 4) is 0 Å². The summed E-state index contributed by atoms with van der Waals surface area (Å²) in [5, 5.41) is 0. The molecule has 0 spiro atoms. The van der Waals surface area contributed by atoms with Gasteiger partial charge in [-0.15, -0.1) is 0 Å². The fourth-order valence-electron chi connectivity index (χ4n) is 4.47. The van der Waals surface area contributed by atoms with E-state index < -0.39 is 0 Å². The normalized spacial score (nSPS) is 24.5. The Hall–Kier alpha value is -2.65. The van der Waals surface area contributed by atoms with E-state index in [1.807, 2.05) is 0 Å². The third-order valence-electron chi connectivity index (χ3n) is 5.86. The molecule has 1 saturated carbocycles. The number of nitrogens with one attached hydrogen (secondary N) is 1. The monoisotopic (exact) mass is 343 g/mol. The van der Waals surface area contributed by atoms with Gasteiger partial charge in [-0.2, -0.15) is 0 Å². The van der Waals surface area contributed by atoms with E-state index in [4.69, 9.17) is 0 Å². The average molecular weight is 343 g/mol.